The average molecular weight is 547 g/mol. The maximum atomic E-state index is 13.1. The Labute approximate surface area is 225 Å². The first-order chi connectivity index (χ1) is 18.2. The van der Waals surface area contributed by atoms with Crippen molar-refractivity contribution in [3.8, 4) is 11.5 Å². The predicted octanol–water partition coefficient (Wildman–Crippen LogP) is 0.740. The number of nitrogens with one attached hydrogen (secondary N) is 3. The summed E-state index contributed by atoms with van der Waals surface area (Å²) >= 11 is 5.86. The third-order valence-corrected chi connectivity index (χ3v) is 6.00. The molecular weight excluding hydrogens is 516 g/mol. The van der Waals surface area contributed by atoms with E-state index >= 15 is 0 Å². The first kappa shape index (κ1) is 28.7. The van der Waals surface area contributed by atoms with E-state index in [2.05, 4.69) is 16.0 Å². The van der Waals surface area contributed by atoms with E-state index in [0.717, 1.165) is 0 Å². The number of benzene rings is 2. The van der Waals surface area contributed by atoms with Gasteiger partial charge in [0.1, 0.15) is 36.8 Å². The summed E-state index contributed by atoms with van der Waals surface area (Å²) in [6.07, 6.45) is -1.67. The second-order valence-corrected chi connectivity index (χ2v) is 9.15. The Morgan fingerprint density at radius 2 is 1.89 bits per heavy atom. The third kappa shape index (κ3) is 8.09. The highest BCUT2D eigenvalue weighted by atomic mass is 35.5. The lowest BCUT2D eigenvalue weighted by Gasteiger charge is -2.28. The van der Waals surface area contributed by atoms with Crippen molar-refractivity contribution in [1.29, 1.82) is 0 Å². The van der Waals surface area contributed by atoms with Crippen LogP contribution in [0.3, 0.4) is 0 Å². The summed E-state index contributed by atoms with van der Waals surface area (Å²) in [5.74, 6) is -1.64. The van der Waals surface area contributed by atoms with Gasteiger partial charge >= 0.3 is 0 Å². The molecule has 2 aromatic rings. The number of para-hydroxylation sites is 1. The molecule has 3 atom stereocenters. The van der Waals surface area contributed by atoms with Crippen molar-refractivity contribution in [2.45, 2.75) is 31.5 Å². The number of fused-ring (bicyclic) bond motifs is 1. The van der Waals surface area contributed by atoms with Crippen molar-refractivity contribution in [2.75, 3.05) is 33.4 Å². The molecule has 12 heteroatoms. The fourth-order valence-corrected chi connectivity index (χ4v) is 3.80. The highest BCUT2D eigenvalue weighted by Gasteiger charge is 2.31. The summed E-state index contributed by atoms with van der Waals surface area (Å²) in [6.45, 7) is 1.80. The number of hydrogen-bond acceptors (Lipinski definition) is 7. The number of halogens is 1. The minimum absolute atomic E-state index is 0.0601. The lowest BCUT2D eigenvalue weighted by Crippen LogP contribution is -2.55. The Morgan fingerprint density at radius 3 is 2.61 bits per heavy atom. The van der Waals surface area contributed by atoms with E-state index in [0.29, 0.717) is 10.8 Å². The molecule has 0 aliphatic carbocycles. The van der Waals surface area contributed by atoms with Crippen molar-refractivity contribution in [1.82, 2.24) is 20.9 Å². The minimum Gasteiger partial charge on any atom is -0.492 e. The largest absolute Gasteiger partial charge is 0.492 e. The van der Waals surface area contributed by atoms with Crippen LogP contribution in [-0.4, -0.2) is 85.2 Å². The van der Waals surface area contributed by atoms with Crippen LogP contribution in [-0.2, 0) is 14.4 Å². The first-order valence-electron chi connectivity index (χ1n) is 12.1. The van der Waals surface area contributed by atoms with E-state index in [1.54, 1.807) is 42.5 Å². The van der Waals surface area contributed by atoms with Crippen LogP contribution in [0.4, 0.5) is 0 Å². The number of aliphatic hydroxyl groups is 1. The van der Waals surface area contributed by atoms with Crippen LogP contribution in [0, 0.1) is 0 Å². The lowest BCUT2D eigenvalue weighted by atomic mass is 10.1. The number of amides is 4. The quantitative estimate of drug-likeness (QED) is 0.391. The molecule has 1 aliphatic rings. The molecule has 0 spiro atoms. The standard InChI is InChI=1S/C26H31ClN4O7/c1-16(32)23-26(36)31(2)12-14-38-21-6-4-3-5-19(21)24(34)29-20(15-22(33)30-23)25(35)28-11-13-37-18-9-7-17(27)8-10-18/h3-10,16,20,23,32H,11-15H2,1-2H3,(H,28,35)(H,29,34)(H,30,33)/t16-,20+,23+/m1/s1. The molecular formula is C26H31ClN4O7. The van der Waals surface area contributed by atoms with Crippen LogP contribution in [0.2, 0.25) is 5.02 Å². The molecule has 38 heavy (non-hydrogen) atoms. The number of rotatable bonds is 6. The van der Waals surface area contributed by atoms with Crippen LogP contribution >= 0.6 is 11.6 Å². The Bertz CT molecular complexity index is 1140. The number of aliphatic hydroxyl groups excluding tert-OH is 1. The van der Waals surface area contributed by atoms with Crippen LogP contribution in [0.15, 0.2) is 48.5 Å². The fraction of sp³-hybridized carbons (Fsp3) is 0.385. The number of carbonyl (C=O) groups is 4. The molecule has 0 radical (unpaired) electrons. The number of ether oxygens (including phenoxy) is 2. The zero-order valence-corrected chi connectivity index (χ0v) is 21.9. The molecule has 1 aliphatic heterocycles. The van der Waals surface area contributed by atoms with Gasteiger partial charge in [-0.05, 0) is 43.3 Å². The number of carbonyl (C=O) groups excluding carboxylic acids is 4. The van der Waals surface area contributed by atoms with E-state index in [-0.39, 0.29) is 37.6 Å². The maximum Gasteiger partial charge on any atom is 0.255 e. The molecule has 1 heterocycles. The normalized spacial score (nSPS) is 19.7. The molecule has 0 unspecified atom stereocenters. The molecule has 4 amide bonds. The van der Waals surface area contributed by atoms with Gasteiger partial charge in [0.2, 0.25) is 17.7 Å². The Kier molecular flexibility index (Phi) is 10.3. The van der Waals surface area contributed by atoms with Gasteiger partial charge < -0.3 is 35.4 Å². The van der Waals surface area contributed by atoms with E-state index in [4.69, 9.17) is 21.1 Å². The molecule has 0 saturated heterocycles. The molecule has 0 fully saturated rings. The highest BCUT2D eigenvalue weighted by Crippen LogP contribution is 2.19. The second-order valence-electron chi connectivity index (χ2n) is 8.71. The predicted molar refractivity (Wildman–Crippen MR) is 139 cm³/mol. The molecule has 204 valence electrons. The number of nitrogens with zero attached hydrogens (tertiary/aromatic N) is 1. The summed E-state index contributed by atoms with van der Waals surface area (Å²) < 4.78 is 11.3. The zero-order valence-electron chi connectivity index (χ0n) is 21.1. The van der Waals surface area contributed by atoms with Gasteiger partial charge in [0.15, 0.2) is 0 Å². The number of hydrogen-bond donors (Lipinski definition) is 4. The van der Waals surface area contributed by atoms with Crippen molar-refractivity contribution >= 4 is 35.2 Å². The second kappa shape index (κ2) is 13.6. The monoisotopic (exact) mass is 546 g/mol. The smallest absolute Gasteiger partial charge is 0.255 e. The molecule has 0 aromatic heterocycles. The van der Waals surface area contributed by atoms with Gasteiger partial charge in [0, 0.05) is 12.1 Å². The third-order valence-electron chi connectivity index (χ3n) is 5.75. The zero-order chi connectivity index (χ0) is 27.7. The van der Waals surface area contributed by atoms with Crippen molar-refractivity contribution in [3.63, 3.8) is 0 Å². The van der Waals surface area contributed by atoms with Crippen LogP contribution < -0.4 is 25.4 Å². The summed E-state index contributed by atoms with van der Waals surface area (Å²) in [6, 6.07) is 10.6. The molecule has 0 saturated carbocycles. The van der Waals surface area contributed by atoms with Gasteiger partial charge in [0.25, 0.3) is 5.91 Å². The van der Waals surface area contributed by atoms with Gasteiger partial charge in [-0.25, -0.2) is 0 Å². The van der Waals surface area contributed by atoms with Crippen molar-refractivity contribution in [3.05, 3.63) is 59.1 Å². The lowest BCUT2D eigenvalue weighted by molar-refractivity contribution is -0.139. The Balaban J connectivity index is 1.76. The van der Waals surface area contributed by atoms with Crippen LogP contribution in [0.5, 0.6) is 11.5 Å². The molecule has 4 N–H and O–H groups in total. The Morgan fingerprint density at radius 1 is 1.18 bits per heavy atom. The summed E-state index contributed by atoms with van der Waals surface area (Å²) in [7, 11) is 1.51. The molecule has 11 nitrogen and oxygen atoms in total. The van der Waals surface area contributed by atoms with E-state index in [9.17, 15) is 24.3 Å². The fourth-order valence-electron chi connectivity index (χ4n) is 3.67. The first-order valence-corrected chi connectivity index (χ1v) is 12.4. The SMILES string of the molecule is C[C@@H](O)[C@@H]1NC(=O)C[C@@H](C(=O)NCCOc2ccc(Cl)cc2)NC(=O)c2ccccc2OCCN(C)C1=O. The number of likely N-dealkylation sites (N-methyl/N-ethyl adjacent to an activating group) is 1. The average Bonchev–Trinajstić information content (AvgIpc) is 2.89. The Hall–Kier alpha value is -3.83. The molecule has 3 rings (SSSR count). The molecule has 0 bridgehead atoms. The highest BCUT2D eigenvalue weighted by molar-refractivity contribution is 6.30. The van der Waals surface area contributed by atoms with E-state index < -0.39 is 48.2 Å². The van der Waals surface area contributed by atoms with Gasteiger partial charge in [-0.3, -0.25) is 19.2 Å². The summed E-state index contributed by atoms with van der Waals surface area (Å²) in [5, 5.41) is 18.4. The summed E-state index contributed by atoms with van der Waals surface area (Å²) in [4.78, 5) is 53.1. The van der Waals surface area contributed by atoms with Gasteiger partial charge in [-0.1, -0.05) is 23.7 Å². The van der Waals surface area contributed by atoms with Gasteiger partial charge in [-0.15, -0.1) is 0 Å². The van der Waals surface area contributed by atoms with Gasteiger partial charge in [0.05, 0.1) is 31.2 Å². The van der Waals surface area contributed by atoms with Crippen molar-refractivity contribution in [2.24, 2.45) is 0 Å². The van der Waals surface area contributed by atoms with E-state index in [1.807, 2.05) is 0 Å². The summed E-state index contributed by atoms with van der Waals surface area (Å²) in [5.41, 5.74) is 0.171. The maximum absolute atomic E-state index is 13.1. The molecule has 2 aromatic carbocycles. The van der Waals surface area contributed by atoms with E-state index in [1.165, 1.54) is 24.9 Å². The van der Waals surface area contributed by atoms with Crippen molar-refractivity contribution < 1.29 is 33.8 Å². The minimum atomic E-state index is -1.28. The van der Waals surface area contributed by atoms with Crippen LogP contribution in [0.25, 0.3) is 0 Å². The topological polar surface area (TPSA) is 146 Å². The van der Waals surface area contributed by atoms with Crippen LogP contribution in [0.1, 0.15) is 23.7 Å². The van der Waals surface area contributed by atoms with Gasteiger partial charge in [-0.2, -0.15) is 0 Å².